The van der Waals surface area contributed by atoms with E-state index in [0.717, 1.165) is 29.4 Å². The Morgan fingerprint density at radius 3 is 2.45 bits per heavy atom. The van der Waals surface area contributed by atoms with Crippen LogP contribution >= 0.6 is 0 Å². The predicted octanol–water partition coefficient (Wildman–Crippen LogP) is 3.91. The molecular formula is C17H21NO2. The smallest absolute Gasteiger partial charge is 0.169 e. The molecule has 0 unspecified atom stereocenters. The van der Waals surface area contributed by atoms with E-state index < -0.39 is 0 Å². The summed E-state index contributed by atoms with van der Waals surface area (Å²) < 4.78 is 11.6. The van der Waals surface area contributed by atoms with E-state index in [1.807, 2.05) is 44.3 Å². The molecule has 0 aromatic heterocycles. The van der Waals surface area contributed by atoms with Gasteiger partial charge in [-0.05, 0) is 39.1 Å². The van der Waals surface area contributed by atoms with Gasteiger partial charge in [-0.1, -0.05) is 29.8 Å². The third kappa shape index (κ3) is 3.52. The molecule has 0 aliphatic rings. The SMILES string of the molecule is CCOc1ccccc1Oc1ccc(C)cc1CNC. The summed E-state index contributed by atoms with van der Waals surface area (Å²) in [5.41, 5.74) is 2.36. The molecule has 2 aromatic rings. The van der Waals surface area contributed by atoms with Crippen LogP contribution in [0.15, 0.2) is 42.5 Å². The molecule has 0 fully saturated rings. The number of hydrogen-bond donors (Lipinski definition) is 1. The van der Waals surface area contributed by atoms with E-state index in [4.69, 9.17) is 9.47 Å². The number of nitrogens with one attached hydrogen (secondary N) is 1. The molecule has 0 radical (unpaired) electrons. The Labute approximate surface area is 120 Å². The van der Waals surface area contributed by atoms with Crippen LogP contribution in [-0.2, 0) is 6.54 Å². The molecule has 0 aliphatic carbocycles. The normalized spacial score (nSPS) is 10.3. The molecule has 0 aliphatic heterocycles. The first kappa shape index (κ1) is 14.4. The van der Waals surface area contributed by atoms with Gasteiger partial charge in [-0.15, -0.1) is 0 Å². The van der Waals surface area contributed by atoms with Crippen molar-refractivity contribution in [3.8, 4) is 17.2 Å². The van der Waals surface area contributed by atoms with E-state index in [0.29, 0.717) is 6.61 Å². The van der Waals surface area contributed by atoms with Crippen molar-refractivity contribution in [1.29, 1.82) is 0 Å². The van der Waals surface area contributed by atoms with Gasteiger partial charge in [0, 0.05) is 12.1 Å². The third-order valence-corrected chi connectivity index (χ3v) is 2.95. The lowest BCUT2D eigenvalue weighted by Crippen LogP contribution is -2.07. The van der Waals surface area contributed by atoms with Crippen molar-refractivity contribution in [1.82, 2.24) is 5.32 Å². The van der Waals surface area contributed by atoms with E-state index in [1.165, 1.54) is 5.56 Å². The zero-order valence-corrected chi connectivity index (χ0v) is 12.3. The van der Waals surface area contributed by atoms with Crippen molar-refractivity contribution >= 4 is 0 Å². The van der Waals surface area contributed by atoms with Crippen LogP contribution in [0.2, 0.25) is 0 Å². The number of rotatable bonds is 6. The quantitative estimate of drug-likeness (QED) is 0.864. The summed E-state index contributed by atoms with van der Waals surface area (Å²) in [7, 11) is 1.93. The van der Waals surface area contributed by atoms with Gasteiger partial charge in [0.25, 0.3) is 0 Å². The summed E-state index contributed by atoms with van der Waals surface area (Å²) >= 11 is 0. The first-order valence-electron chi connectivity index (χ1n) is 6.88. The van der Waals surface area contributed by atoms with Gasteiger partial charge in [0.05, 0.1) is 6.61 Å². The molecule has 3 nitrogen and oxygen atoms in total. The number of hydrogen-bond acceptors (Lipinski definition) is 3. The highest BCUT2D eigenvalue weighted by molar-refractivity contribution is 5.45. The Balaban J connectivity index is 2.29. The molecule has 0 saturated heterocycles. The molecular weight excluding hydrogens is 250 g/mol. The van der Waals surface area contributed by atoms with Crippen LogP contribution in [-0.4, -0.2) is 13.7 Å². The number of aryl methyl sites for hydroxylation is 1. The lowest BCUT2D eigenvalue weighted by molar-refractivity contribution is 0.321. The fourth-order valence-electron chi connectivity index (χ4n) is 2.06. The second kappa shape index (κ2) is 6.96. The monoisotopic (exact) mass is 271 g/mol. The van der Waals surface area contributed by atoms with Gasteiger partial charge in [-0.3, -0.25) is 0 Å². The van der Waals surface area contributed by atoms with E-state index in [2.05, 4.69) is 24.4 Å². The molecule has 0 heterocycles. The maximum Gasteiger partial charge on any atom is 0.169 e. The fraction of sp³-hybridized carbons (Fsp3) is 0.294. The van der Waals surface area contributed by atoms with Gasteiger partial charge in [-0.2, -0.15) is 0 Å². The van der Waals surface area contributed by atoms with Crippen LogP contribution in [0.1, 0.15) is 18.1 Å². The molecule has 20 heavy (non-hydrogen) atoms. The number of ether oxygens (including phenoxy) is 2. The van der Waals surface area contributed by atoms with E-state index in [-0.39, 0.29) is 0 Å². The lowest BCUT2D eigenvalue weighted by atomic mass is 10.1. The van der Waals surface area contributed by atoms with E-state index >= 15 is 0 Å². The molecule has 0 atom stereocenters. The molecule has 3 heteroatoms. The second-order valence-electron chi connectivity index (χ2n) is 4.62. The Bertz CT molecular complexity index is 567. The highest BCUT2D eigenvalue weighted by Crippen LogP contribution is 2.33. The Morgan fingerprint density at radius 1 is 1.00 bits per heavy atom. The second-order valence-corrected chi connectivity index (χ2v) is 4.62. The Morgan fingerprint density at radius 2 is 1.75 bits per heavy atom. The summed E-state index contributed by atoms with van der Waals surface area (Å²) in [6.45, 7) is 5.44. The zero-order valence-electron chi connectivity index (χ0n) is 12.3. The summed E-state index contributed by atoms with van der Waals surface area (Å²) in [5, 5.41) is 3.17. The van der Waals surface area contributed by atoms with Crippen LogP contribution in [0, 0.1) is 6.92 Å². The largest absolute Gasteiger partial charge is 0.490 e. The van der Waals surface area contributed by atoms with Crippen molar-refractivity contribution in [2.24, 2.45) is 0 Å². The van der Waals surface area contributed by atoms with Gasteiger partial charge in [0.1, 0.15) is 5.75 Å². The molecule has 0 bridgehead atoms. The molecule has 0 saturated carbocycles. The van der Waals surface area contributed by atoms with Gasteiger partial charge in [0.2, 0.25) is 0 Å². The van der Waals surface area contributed by atoms with Crippen LogP contribution in [0.4, 0.5) is 0 Å². The average Bonchev–Trinajstić information content (AvgIpc) is 2.44. The zero-order chi connectivity index (χ0) is 14.4. The van der Waals surface area contributed by atoms with Gasteiger partial charge in [0.15, 0.2) is 11.5 Å². The van der Waals surface area contributed by atoms with Gasteiger partial charge < -0.3 is 14.8 Å². The third-order valence-electron chi connectivity index (χ3n) is 2.95. The van der Waals surface area contributed by atoms with Crippen LogP contribution < -0.4 is 14.8 Å². The average molecular weight is 271 g/mol. The Hall–Kier alpha value is -2.00. The van der Waals surface area contributed by atoms with E-state index in [9.17, 15) is 0 Å². The first-order valence-corrected chi connectivity index (χ1v) is 6.88. The first-order chi connectivity index (χ1) is 9.74. The summed E-state index contributed by atoms with van der Waals surface area (Å²) in [5.74, 6) is 2.37. The minimum absolute atomic E-state index is 0.623. The molecule has 2 rings (SSSR count). The highest BCUT2D eigenvalue weighted by Gasteiger charge is 2.08. The fourth-order valence-corrected chi connectivity index (χ4v) is 2.06. The Kier molecular flexibility index (Phi) is 5.02. The van der Waals surface area contributed by atoms with Crippen LogP contribution in [0.3, 0.4) is 0 Å². The number of benzene rings is 2. The lowest BCUT2D eigenvalue weighted by Gasteiger charge is -2.14. The topological polar surface area (TPSA) is 30.5 Å². The molecule has 0 spiro atoms. The minimum atomic E-state index is 0.623. The maximum absolute atomic E-state index is 6.04. The standard InChI is InChI=1S/C17H21NO2/c1-4-19-16-7-5-6-8-17(16)20-15-10-9-13(2)11-14(15)12-18-3/h5-11,18H,4,12H2,1-3H3. The molecule has 1 N–H and O–H groups in total. The molecule has 0 amide bonds. The van der Waals surface area contributed by atoms with Crippen LogP contribution in [0.5, 0.6) is 17.2 Å². The van der Waals surface area contributed by atoms with Crippen molar-refractivity contribution in [3.05, 3.63) is 53.6 Å². The molecule has 2 aromatic carbocycles. The summed E-state index contributed by atoms with van der Waals surface area (Å²) in [4.78, 5) is 0. The van der Waals surface area contributed by atoms with Crippen LogP contribution in [0.25, 0.3) is 0 Å². The van der Waals surface area contributed by atoms with Crippen molar-refractivity contribution in [3.63, 3.8) is 0 Å². The predicted molar refractivity (Wildman–Crippen MR) is 81.6 cm³/mol. The van der Waals surface area contributed by atoms with Crippen molar-refractivity contribution in [2.75, 3.05) is 13.7 Å². The van der Waals surface area contributed by atoms with E-state index in [1.54, 1.807) is 0 Å². The van der Waals surface area contributed by atoms with Crippen molar-refractivity contribution in [2.45, 2.75) is 20.4 Å². The number of para-hydroxylation sites is 2. The van der Waals surface area contributed by atoms with Gasteiger partial charge in [-0.25, -0.2) is 0 Å². The maximum atomic E-state index is 6.04. The minimum Gasteiger partial charge on any atom is -0.490 e. The highest BCUT2D eigenvalue weighted by atomic mass is 16.5. The summed E-state index contributed by atoms with van der Waals surface area (Å²) in [6.07, 6.45) is 0. The molecule has 106 valence electrons. The van der Waals surface area contributed by atoms with Crippen molar-refractivity contribution < 1.29 is 9.47 Å². The summed E-state index contributed by atoms with van der Waals surface area (Å²) in [6, 6.07) is 13.9. The van der Waals surface area contributed by atoms with Gasteiger partial charge >= 0.3 is 0 Å².